The van der Waals surface area contributed by atoms with Crippen molar-refractivity contribution < 1.29 is 46.1 Å². The molecule has 0 bridgehead atoms. The van der Waals surface area contributed by atoms with Crippen LogP contribution >= 0.6 is 11.3 Å². The number of hydrogen-bond acceptors (Lipinski definition) is 8. The number of amides is 2. The van der Waals surface area contributed by atoms with Gasteiger partial charge in [0, 0.05) is 22.6 Å². The standard InChI is InChI=1S/C29H23F5N4O5S/c1-42-18-8-15(9-19-22(18)38-25(44-19)14-2-3-14)24(39)36-11-28(41,29(32,33)34)20-10-17-23(43-12-27(17,31)26(35)40)21(37-20)13-4-6-16(30)7-5-13/h4-10,14,41H,2-3,11-12H2,1H3,(H2,35,40)(H,36,39)/t27-,28+/m1/s1. The van der Waals surface area contributed by atoms with E-state index in [4.69, 9.17) is 15.2 Å². The third-order valence-corrected chi connectivity index (χ3v) is 8.77. The maximum atomic E-state index is 15.7. The van der Waals surface area contributed by atoms with Gasteiger partial charge in [-0.25, -0.2) is 18.7 Å². The number of primary amides is 1. The van der Waals surface area contributed by atoms with Gasteiger partial charge < -0.3 is 25.6 Å². The van der Waals surface area contributed by atoms with Crippen LogP contribution in [0.1, 0.15) is 45.4 Å². The van der Waals surface area contributed by atoms with Gasteiger partial charge in [0.05, 0.1) is 29.1 Å². The molecular formula is C29H23F5N4O5S. The largest absolute Gasteiger partial charge is 0.494 e. The highest BCUT2D eigenvalue weighted by atomic mass is 32.1. The van der Waals surface area contributed by atoms with E-state index in [-0.39, 0.29) is 16.9 Å². The number of nitrogens with zero attached hydrogens (tertiary/aromatic N) is 2. The third kappa shape index (κ3) is 4.89. The zero-order valence-electron chi connectivity index (χ0n) is 22.8. The number of nitrogens with one attached hydrogen (secondary N) is 1. The highest BCUT2D eigenvalue weighted by Gasteiger charge is 2.58. The first-order chi connectivity index (χ1) is 20.7. The van der Waals surface area contributed by atoms with Gasteiger partial charge in [-0.1, -0.05) is 0 Å². The fourth-order valence-corrected chi connectivity index (χ4v) is 6.09. The van der Waals surface area contributed by atoms with Crippen LogP contribution in [0.25, 0.3) is 21.5 Å². The average molecular weight is 635 g/mol. The van der Waals surface area contributed by atoms with Gasteiger partial charge in [0.2, 0.25) is 5.60 Å². The van der Waals surface area contributed by atoms with Crippen LogP contribution in [0, 0.1) is 5.82 Å². The van der Waals surface area contributed by atoms with E-state index < -0.39 is 70.9 Å². The van der Waals surface area contributed by atoms with Gasteiger partial charge in [-0.3, -0.25) is 9.59 Å². The minimum Gasteiger partial charge on any atom is -0.494 e. The fraction of sp³-hybridized carbons (Fsp3) is 0.310. The minimum absolute atomic E-state index is 0.00213. The van der Waals surface area contributed by atoms with Crippen LogP contribution in [0.15, 0.2) is 42.5 Å². The van der Waals surface area contributed by atoms with E-state index in [9.17, 15) is 32.3 Å². The summed E-state index contributed by atoms with van der Waals surface area (Å²) in [5.41, 5.74) is -3.50. The van der Waals surface area contributed by atoms with Gasteiger partial charge in [0.15, 0.2) is 5.75 Å². The summed E-state index contributed by atoms with van der Waals surface area (Å²) in [5, 5.41) is 14.1. The van der Waals surface area contributed by atoms with Gasteiger partial charge in [0.1, 0.15) is 29.4 Å². The molecule has 2 atom stereocenters. The fourth-order valence-electron chi connectivity index (χ4n) is 4.90. The number of nitrogens with two attached hydrogens (primary N) is 1. The van der Waals surface area contributed by atoms with Crippen LogP contribution in [0.5, 0.6) is 11.5 Å². The summed E-state index contributed by atoms with van der Waals surface area (Å²) in [4.78, 5) is 33.7. The maximum absolute atomic E-state index is 15.7. The molecule has 0 spiro atoms. The summed E-state index contributed by atoms with van der Waals surface area (Å²) in [6.07, 6.45) is -3.49. The molecule has 1 fully saturated rings. The zero-order chi connectivity index (χ0) is 31.6. The van der Waals surface area contributed by atoms with E-state index in [2.05, 4.69) is 15.3 Å². The van der Waals surface area contributed by atoms with Crippen molar-refractivity contribution in [2.45, 2.75) is 36.2 Å². The average Bonchev–Trinajstić information content (AvgIpc) is 3.65. The molecule has 4 aromatic rings. The topological polar surface area (TPSA) is 137 Å². The first-order valence-electron chi connectivity index (χ1n) is 13.2. The lowest BCUT2D eigenvalue weighted by Crippen LogP contribution is -2.51. The first kappa shape index (κ1) is 29.7. The highest BCUT2D eigenvalue weighted by molar-refractivity contribution is 7.18. The van der Waals surface area contributed by atoms with Crippen LogP contribution in [0.4, 0.5) is 22.0 Å². The van der Waals surface area contributed by atoms with Crippen molar-refractivity contribution in [1.82, 2.24) is 15.3 Å². The second-order valence-electron chi connectivity index (χ2n) is 10.6. The van der Waals surface area contributed by atoms with E-state index in [1.165, 1.54) is 30.6 Å². The Hall–Kier alpha value is -4.37. The number of fused-ring (bicyclic) bond motifs is 2. The maximum Gasteiger partial charge on any atom is 0.424 e. The molecule has 0 saturated heterocycles. The summed E-state index contributed by atoms with van der Waals surface area (Å²) in [6.45, 7) is -2.40. The molecule has 2 aliphatic rings. The van der Waals surface area contributed by atoms with Crippen LogP contribution in [-0.4, -0.2) is 53.3 Å². The monoisotopic (exact) mass is 634 g/mol. The number of methoxy groups -OCH3 is 1. The summed E-state index contributed by atoms with van der Waals surface area (Å²) < 4.78 is 84.4. The number of thiazole rings is 1. The quantitative estimate of drug-likeness (QED) is 0.241. The number of hydrogen-bond donors (Lipinski definition) is 3. The molecule has 1 aliphatic carbocycles. The molecule has 1 saturated carbocycles. The van der Waals surface area contributed by atoms with E-state index in [0.717, 1.165) is 42.1 Å². The lowest BCUT2D eigenvalue weighted by molar-refractivity contribution is -0.265. The molecule has 9 nitrogen and oxygen atoms in total. The lowest BCUT2D eigenvalue weighted by atomic mass is 9.90. The molecule has 44 heavy (non-hydrogen) atoms. The number of halogens is 5. The normalized spacial score (nSPS) is 19.2. The van der Waals surface area contributed by atoms with Gasteiger partial charge in [-0.05, 0) is 55.3 Å². The molecule has 230 valence electrons. The lowest BCUT2D eigenvalue weighted by Gasteiger charge is -2.31. The molecule has 3 heterocycles. The Bertz CT molecular complexity index is 1810. The molecule has 2 aromatic carbocycles. The van der Waals surface area contributed by atoms with Crippen molar-refractivity contribution >= 4 is 33.4 Å². The summed E-state index contributed by atoms with van der Waals surface area (Å²) in [6, 6.07) is 7.60. The molecule has 0 unspecified atom stereocenters. The van der Waals surface area contributed by atoms with Crippen molar-refractivity contribution in [3.63, 3.8) is 0 Å². The van der Waals surface area contributed by atoms with Gasteiger partial charge in [-0.15, -0.1) is 11.3 Å². The second-order valence-corrected chi connectivity index (χ2v) is 11.6. The van der Waals surface area contributed by atoms with E-state index >= 15 is 4.39 Å². The predicted octanol–water partition coefficient (Wildman–Crippen LogP) is 4.61. The van der Waals surface area contributed by atoms with Gasteiger partial charge in [-0.2, -0.15) is 13.2 Å². The first-order valence-corrected chi connectivity index (χ1v) is 14.1. The molecular weight excluding hydrogens is 611 g/mol. The SMILES string of the molecule is COc1cc(C(=O)NC[C@](O)(c2cc3c(c(-c4ccc(F)cc4)n2)OC[C@]3(F)C(N)=O)C(F)(F)F)cc2sc(C3CC3)nc12. The summed E-state index contributed by atoms with van der Waals surface area (Å²) in [5.74, 6) is -3.03. The third-order valence-electron chi connectivity index (χ3n) is 7.61. The number of benzene rings is 2. The molecule has 0 radical (unpaired) electrons. The van der Waals surface area contributed by atoms with Crippen LogP contribution in [0.3, 0.4) is 0 Å². The molecule has 2 amide bonds. The van der Waals surface area contributed by atoms with E-state index in [1.807, 2.05) is 0 Å². The minimum atomic E-state index is -5.47. The Morgan fingerprint density at radius 1 is 1.18 bits per heavy atom. The molecule has 1 aliphatic heterocycles. The van der Waals surface area contributed by atoms with Crippen LogP contribution in [0.2, 0.25) is 0 Å². The number of aliphatic hydroxyl groups is 1. The van der Waals surface area contributed by atoms with Crippen LogP contribution in [-0.2, 0) is 16.1 Å². The zero-order valence-corrected chi connectivity index (χ0v) is 23.6. The number of pyridine rings is 1. The Labute approximate surface area is 249 Å². The molecule has 15 heteroatoms. The smallest absolute Gasteiger partial charge is 0.424 e. The van der Waals surface area contributed by atoms with Gasteiger partial charge >= 0.3 is 6.18 Å². The molecule has 4 N–H and O–H groups in total. The number of carbonyl (C=O) groups is 2. The number of aromatic nitrogens is 2. The van der Waals surface area contributed by atoms with Crippen molar-refractivity contribution in [3.05, 3.63) is 70.1 Å². The molecule has 2 aromatic heterocycles. The Kier molecular flexibility index (Phi) is 7.00. The second kappa shape index (κ2) is 10.4. The Morgan fingerprint density at radius 2 is 1.89 bits per heavy atom. The predicted molar refractivity (Wildman–Crippen MR) is 148 cm³/mol. The van der Waals surface area contributed by atoms with Gasteiger partial charge in [0.25, 0.3) is 17.5 Å². The number of rotatable bonds is 8. The van der Waals surface area contributed by atoms with E-state index in [0.29, 0.717) is 22.2 Å². The van der Waals surface area contributed by atoms with Crippen molar-refractivity contribution in [1.29, 1.82) is 0 Å². The summed E-state index contributed by atoms with van der Waals surface area (Å²) >= 11 is 1.35. The van der Waals surface area contributed by atoms with Crippen molar-refractivity contribution in [3.8, 4) is 22.8 Å². The Balaban J connectivity index is 1.40. The number of carbonyl (C=O) groups excluding carboxylic acids is 2. The highest BCUT2D eigenvalue weighted by Crippen LogP contribution is 2.49. The van der Waals surface area contributed by atoms with Crippen LogP contribution < -0.4 is 20.5 Å². The molecule has 6 rings (SSSR count). The Morgan fingerprint density at radius 3 is 2.50 bits per heavy atom. The van der Waals surface area contributed by atoms with E-state index in [1.54, 1.807) is 0 Å². The summed E-state index contributed by atoms with van der Waals surface area (Å²) in [7, 11) is 1.37. The van der Waals surface area contributed by atoms with Crippen molar-refractivity contribution in [2.75, 3.05) is 20.3 Å². The number of alkyl halides is 4. The van der Waals surface area contributed by atoms with Crippen molar-refractivity contribution in [2.24, 2.45) is 5.73 Å². The number of ether oxygens (including phenoxy) is 2.